The number of benzene rings is 2. The van der Waals surface area contributed by atoms with E-state index in [1.165, 1.54) is 12.1 Å². The van der Waals surface area contributed by atoms with Crippen LogP contribution < -0.4 is 5.32 Å². The first-order valence-electron chi connectivity index (χ1n) is 7.16. The molecule has 6 heteroatoms. The maximum Gasteiger partial charge on any atom is 0.297 e. The molecule has 0 unspecified atom stereocenters. The molecular formula is C17H14F3N3. The molecule has 0 atom stereocenters. The molecule has 2 aromatic carbocycles. The van der Waals surface area contributed by atoms with Gasteiger partial charge in [0.15, 0.2) is 5.82 Å². The maximum absolute atomic E-state index is 12.9. The van der Waals surface area contributed by atoms with Crippen LogP contribution in [-0.2, 0) is 6.42 Å². The third-order valence-electron chi connectivity index (χ3n) is 3.44. The van der Waals surface area contributed by atoms with Crippen LogP contribution in [0.15, 0.2) is 48.5 Å². The first-order valence-corrected chi connectivity index (χ1v) is 7.16. The number of hydrogen-bond acceptors (Lipinski definition) is 3. The van der Waals surface area contributed by atoms with Gasteiger partial charge in [0.1, 0.15) is 11.6 Å². The Hall–Kier alpha value is -2.63. The van der Waals surface area contributed by atoms with Gasteiger partial charge in [-0.05, 0) is 36.2 Å². The number of alkyl halides is 2. The van der Waals surface area contributed by atoms with Crippen LogP contribution in [0.3, 0.4) is 0 Å². The first-order chi connectivity index (χ1) is 11.1. The van der Waals surface area contributed by atoms with E-state index in [9.17, 15) is 13.2 Å². The molecule has 0 aliphatic carbocycles. The number of fused-ring (bicyclic) bond motifs is 1. The summed E-state index contributed by atoms with van der Waals surface area (Å²) in [6.07, 6.45) is -2.10. The molecule has 0 radical (unpaired) electrons. The summed E-state index contributed by atoms with van der Waals surface area (Å²) in [5.74, 6) is -0.397. The molecule has 1 aromatic heterocycles. The van der Waals surface area contributed by atoms with Gasteiger partial charge in [0, 0.05) is 11.9 Å². The summed E-state index contributed by atoms with van der Waals surface area (Å²) >= 11 is 0. The van der Waals surface area contributed by atoms with E-state index in [0.29, 0.717) is 29.7 Å². The van der Waals surface area contributed by atoms with E-state index in [1.54, 1.807) is 36.4 Å². The normalized spacial score (nSPS) is 11.1. The predicted molar refractivity (Wildman–Crippen MR) is 83.1 cm³/mol. The first kappa shape index (κ1) is 15.3. The predicted octanol–water partition coefficient (Wildman–Crippen LogP) is 4.36. The molecule has 0 saturated carbocycles. The fraction of sp³-hybridized carbons (Fsp3) is 0.176. The Balaban J connectivity index is 1.79. The van der Waals surface area contributed by atoms with E-state index in [2.05, 4.69) is 15.3 Å². The third-order valence-corrected chi connectivity index (χ3v) is 3.44. The molecule has 118 valence electrons. The van der Waals surface area contributed by atoms with Crippen LogP contribution in [0.1, 0.15) is 17.8 Å². The van der Waals surface area contributed by atoms with Crippen molar-refractivity contribution in [1.82, 2.24) is 9.97 Å². The van der Waals surface area contributed by atoms with Gasteiger partial charge in [0.25, 0.3) is 6.43 Å². The minimum absolute atomic E-state index is 0.287. The highest BCUT2D eigenvalue weighted by atomic mass is 19.3. The zero-order valence-electron chi connectivity index (χ0n) is 12.1. The van der Waals surface area contributed by atoms with Gasteiger partial charge in [-0.3, -0.25) is 0 Å². The molecule has 0 bridgehead atoms. The van der Waals surface area contributed by atoms with Crippen molar-refractivity contribution in [1.29, 1.82) is 0 Å². The Morgan fingerprint density at radius 1 is 0.957 bits per heavy atom. The van der Waals surface area contributed by atoms with Crippen molar-refractivity contribution >= 4 is 16.7 Å². The summed E-state index contributed by atoms with van der Waals surface area (Å²) in [5.41, 5.74) is 1.42. The van der Waals surface area contributed by atoms with E-state index >= 15 is 0 Å². The Morgan fingerprint density at radius 2 is 1.70 bits per heavy atom. The molecule has 1 N–H and O–H groups in total. The topological polar surface area (TPSA) is 37.8 Å². The summed E-state index contributed by atoms with van der Waals surface area (Å²) in [5, 5.41) is 3.76. The Labute approximate surface area is 131 Å². The van der Waals surface area contributed by atoms with Crippen LogP contribution in [0.25, 0.3) is 10.9 Å². The minimum Gasteiger partial charge on any atom is -0.369 e. The lowest BCUT2D eigenvalue weighted by molar-refractivity contribution is 0.141. The van der Waals surface area contributed by atoms with Crippen molar-refractivity contribution in [3.63, 3.8) is 0 Å². The number of nitrogens with zero attached hydrogens (tertiary/aromatic N) is 2. The minimum atomic E-state index is -2.72. The van der Waals surface area contributed by atoms with Gasteiger partial charge in [-0.1, -0.05) is 24.3 Å². The quantitative estimate of drug-likeness (QED) is 0.760. The number of hydrogen-bond donors (Lipinski definition) is 1. The molecule has 0 spiro atoms. The fourth-order valence-corrected chi connectivity index (χ4v) is 2.30. The van der Waals surface area contributed by atoms with Gasteiger partial charge in [0.2, 0.25) is 0 Å². The molecule has 0 aliphatic heterocycles. The molecule has 3 nitrogen and oxygen atoms in total. The van der Waals surface area contributed by atoms with Gasteiger partial charge in [-0.25, -0.2) is 23.1 Å². The number of halogens is 3. The fourth-order valence-electron chi connectivity index (χ4n) is 2.30. The van der Waals surface area contributed by atoms with Gasteiger partial charge in [0.05, 0.1) is 5.52 Å². The monoisotopic (exact) mass is 317 g/mol. The summed E-state index contributed by atoms with van der Waals surface area (Å²) in [6.45, 7) is 0.495. The van der Waals surface area contributed by atoms with Crippen molar-refractivity contribution in [2.45, 2.75) is 12.8 Å². The van der Waals surface area contributed by atoms with Crippen molar-refractivity contribution in [3.05, 3.63) is 65.7 Å². The van der Waals surface area contributed by atoms with Crippen LogP contribution in [-0.4, -0.2) is 16.5 Å². The number of anilines is 1. The zero-order valence-corrected chi connectivity index (χ0v) is 12.1. The van der Waals surface area contributed by atoms with Crippen LogP contribution in [0.4, 0.5) is 19.0 Å². The molecule has 0 saturated heterocycles. The van der Waals surface area contributed by atoms with Crippen LogP contribution in [0.5, 0.6) is 0 Å². The van der Waals surface area contributed by atoms with Crippen LogP contribution >= 0.6 is 0 Å². The highest BCUT2D eigenvalue weighted by Gasteiger charge is 2.14. The molecule has 3 rings (SSSR count). The van der Waals surface area contributed by atoms with E-state index < -0.39 is 12.2 Å². The highest BCUT2D eigenvalue weighted by molar-refractivity contribution is 5.88. The smallest absolute Gasteiger partial charge is 0.297 e. The second kappa shape index (κ2) is 6.64. The number of nitrogens with one attached hydrogen (secondary N) is 1. The largest absolute Gasteiger partial charge is 0.369 e. The highest BCUT2D eigenvalue weighted by Crippen LogP contribution is 2.24. The number of rotatable bonds is 5. The SMILES string of the molecule is Fc1ccc(CCNc2nc(C(F)F)nc3ccccc23)cc1. The standard InChI is InChI=1S/C17H14F3N3/c18-12-7-5-11(6-8-12)9-10-21-16-13-3-1-2-4-14(13)22-17(23-16)15(19)20/h1-8,15H,9-10H2,(H,21,22,23). The third kappa shape index (κ3) is 3.59. The molecule has 23 heavy (non-hydrogen) atoms. The van der Waals surface area contributed by atoms with Gasteiger partial charge in [-0.15, -0.1) is 0 Å². The van der Waals surface area contributed by atoms with Gasteiger partial charge in [-0.2, -0.15) is 0 Å². The summed E-state index contributed by atoms with van der Waals surface area (Å²) in [7, 11) is 0. The number of para-hydroxylation sites is 1. The second-order valence-electron chi connectivity index (χ2n) is 5.05. The summed E-state index contributed by atoms with van der Waals surface area (Å²) in [6, 6.07) is 13.2. The molecule has 0 aliphatic rings. The second-order valence-corrected chi connectivity index (χ2v) is 5.05. The van der Waals surface area contributed by atoms with E-state index in [-0.39, 0.29) is 5.82 Å². The van der Waals surface area contributed by atoms with Crippen molar-refractivity contribution < 1.29 is 13.2 Å². The molecule has 3 aromatic rings. The van der Waals surface area contributed by atoms with Crippen molar-refractivity contribution in [3.8, 4) is 0 Å². The Bertz CT molecular complexity index is 804. The molecule has 0 amide bonds. The lowest BCUT2D eigenvalue weighted by Crippen LogP contribution is -2.09. The van der Waals surface area contributed by atoms with Crippen LogP contribution in [0, 0.1) is 5.82 Å². The van der Waals surface area contributed by atoms with E-state index in [1.807, 2.05) is 0 Å². The van der Waals surface area contributed by atoms with Crippen molar-refractivity contribution in [2.75, 3.05) is 11.9 Å². The molecule has 0 fully saturated rings. The maximum atomic E-state index is 12.9. The number of aromatic nitrogens is 2. The Morgan fingerprint density at radius 3 is 2.43 bits per heavy atom. The zero-order chi connectivity index (χ0) is 16.2. The summed E-state index contributed by atoms with van der Waals surface area (Å²) < 4.78 is 38.7. The Kier molecular flexibility index (Phi) is 4.41. The lowest BCUT2D eigenvalue weighted by atomic mass is 10.1. The molecule has 1 heterocycles. The van der Waals surface area contributed by atoms with E-state index in [0.717, 1.165) is 5.56 Å². The van der Waals surface area contributed by atoms with Gasteiger partial charge < -0.3 is 5.32 Å². The van der Waals surface area contributed by atoms with E-state index in [4.69, 9.17) is 0 Å². The van der Waals surface area contributed by atoms with Gasteiger partial charge >= 0.3 is 0 Å². The molecular weight excluding hydrogens is 303 g/mol. The van der Waals surface area contributed by atoms with Crippen LogP contribution in [0.2, 0.25) is 0 Å². The summed E-state index contributed by atoms with van der Waals surface area (Å²) in [4.78, 5) is 7.78. The average molecular weight is 317 g/mol. The van der Waals surface area contributed by atoms with Crippen molar-refractivity contribution in [2.24, 2.45) is 0 Å². The lowest BCUT2D eigenvalue weighted by Gasteiger charge is -2.10. The average Bonchev–Trinajstić information content (AvgIpc) is 2.56.